The van der Waals surface area contributed by atoms with Crippen LogP contribution in [-0.2, 0) is 4.74 Å². The van der Waals surface area contributed by atoms with Crippen molar-refractivity contribution in [3.63, 3.8) is 0 Å². The van der Waals surface area contributed by atoms with E-state index in [0.29, 0.717) is 16.9 Å². The lowest BCUT2D eigenvalue weighted by atomic mass is 9.70. The second-order valence-corrected chi connectivity index (χ2v) is 7.98. The molecule has 0 aliphatic heterocycles. The molecule has 19 heavy (non-hydrogen) atoms. The van der Waals surface area contributed by atoms with Gasteiger partial charge in [0.15, 0.2) is 0 Å². The van der Waals surface area contributed by atoms with Gasteiger partial charge in [-0.05, 0) is 48.9 Å². The van der Waals surface area contributed by atoms with Crippen LogP contribution in [0.4, 0.5) is 0 Å². The Morgan fingerprint density at radius 3 is 2.37 bits per heavy atom. The first-order valence-corrected chi connectivity index (χ1v) is 8.29. The average molecular weight is 266 g/mol. The van der Waals surface area contributed by atoms with Crippen LogP contribution in [-0.4, -0.2) is 23.4 Å². The molecule has 5 unspecified atom stereocenters. The summed E-state index contributed by atoms with van der Waals surface area (Å²) in [6, 6.07) is 0. The number of ether oxygens (including phenoxy) is 1. The Labute approximate surface area is 117 Å². The number of aliphatic hydroxyl groups is 1. The largest absolute Gasteiger partial charge is 0.390 e. The van der Waals surface area contributed by atoms with Crippen molar-refractivity contribution >= 4 is 0 Å². The maximum Gasteiger partial charge on any atom is 0.0837 e. The van der Waals surface area contributed by atoms with E-state index in [9.17, 15) is 5.11 Å². The summed E-state index contributed by atoms with van der Waals surface area (Å²) in [7, 11) is 0. The van der Waals surface area contributed by atoms with Crippen LogP contribution in [0, 0.1) is 16.7 Å². The van der Waals surface area contributed by atoms with E-state index in [1.165, 1.54) is 32.1 Å². The zero-order valence-corrected chi connectivity index (χ0v) is 12.8. The minimum atomic E-state index is -0.228. The van der Waals surface area contributed by atoms with Gasteiger partial charge in [-0.1, -0.05) is 40.0 Å². The number of hydrogen-bond acceptors (Lipinski definition) is 2. The van der Waals surface area contributed by atoms with Gasteiger partial charge in [-0.2, -0.15) is 0 Å². The smallest absolute Gasteiger partial charge is 0.0837 e. The maximum absolute atomic E-state index is 10.3. The molecule has 0 aromatic rings. The molecule has 0 aromatic heterocycles. The summed E-state index contributed by atoms with van der Waals surface area (Å²) in [5.41, 5.74) is 0.733. The van der Waals surface area contributed by atoms with Crippen molar-refractivity contribution in [2.24, 2.45) is 16.7 Å². The van der Waals surface area contributed by atoms with Gasteiger partial charge in [0.2, 0.25) is 0 Å². The van der Waals surface area contributed by atoms with E-state index in [1.54, 1.807) is 0 Å². The van der Waals surface area contributed by atoms with Gasteiger partial charge in [0.05, 0.1) is 18.3 Å². The third kappa shape index (κ3) is 2.06. The van der Waals surface area contributed by atoms with Crippen LogP contribution < -0.4 is 0 Å². The van der Waals surface area contributed by atoms with Gasteiger partial charge in [0, 0.05) is 0 Å². The molecule has 5 atom stereocenters. The van der Waals surface area contributed by atoms with Gasteiger partial charge >= 0.3 is 0 Å². The summed E-state index contributed by atoms with van der Waals surface area (Å²) in [5, 5.41) is 10.3. The molecule has 0 radical (unpaired) electrons. The second kappa shape index (κ2) is 4.73. The third-order valence-corrected chi connectivity index (χ3v) is 6.97. The fourth-order valence-corrected chi connectivity index (χ4v) is 4.96. The molecule has 3 saturated carbocycles. The minimum Gasteiger partial charge on any atom is -0.390 e. The van der Waals surface area contributed by atoms with Crippen LogP contribution in [0.3, 0.4) is 0 Å². The number of aliphatic hydroxyl groups excluding tert-OH is 1. The molecule has 2 bridgehead atoms. The Kier molecular flexibility index (Phi) is 3.46. The van der Waals surface area contributed by atoms with E-state index in [0.717, 1.165) is 25.2 Å². The first-order valence-electron chi connectivity index (χ1n) is 8.29. The van der Waals surface area contributed by atoms with Crippen molar-refractivity contribution in [1.29, 1.82) is 0 Å². The lowest BCUT2D eigenvalue weighted by Crippen LogP contribution is -2.41. The molecule has 3 rings (SSSR count). The molecule has 3 aliphatic rings. The highest BCUT2D eigenvalue weighted by Crippen LogP contribution is 2.66. The summed E-state index contributed by atoms with van der Waals surface area (Å²) in [6.07, 6.45) is 9.76. The Morgan fingerprint density at radius 2 is 1.74 bits per heavy atom. The Morgan fingerprint density at radius 1 is 1.00 bits per heavy atom. The van der Waals surface area contributed by atoms with Gasteiger partial charge in [0.25, 0.3) is 0 Å². The van der Waals surface area contributed by atoms with E-state index in [-0.39, 0.29) is 12.2 Å². The van der Waals surface area contributed by atoms with Gasteiger partial charge in [-0.3, -0.25) is 0 Å². The predicted molar refractivity (Wildman–Crippen MR) is 77.0 cm³/mol. The zero-order chi connectivity index (χ0) is 13.7. The summed E-state index contributed by atoms with van der Waals surface area (Å²) >= 11 is 0. The van der Waals surface area contributed by atoms with E-state index in [2.05, 4.69) is 20.8 Å². The van der Waals surface area contributed by atoms with Gasteiger partial charge in [-0.25, -0.2) is 0 Å². The highest BCUT2D eigenvalue weighted by Gasteiger charge is 2.62. The highest BCUT2D eigenvalue weighted by atomic mass is 16.5. The first kappa shape index (κ1) is 13.9. The van der Waals surface area contributed by atoms with Crippen molar-refractivity contribution in [2.75, 3.05) is 0 Å². The van der Waals surface area contributed by atoms with E-state index in [1.807, 2.05) is 0 Å². The molecular formula is C17H30O2. The molecule has 3 fully saturated rings. The molecule has 2 nitrogen and oxygen atoms in total. The molecule has 0 amide bonds. The Bertz CT molecular complexity index is 338. The van der Waals surface area contributed by atoms with Crippen molar-refractivity contribution in [1.82, 2.24) is 0 Å². The fraction of sp³-hybridized carbons (Fsp3) is 1.00. The number of rotatable bonds is 2. The number of hydrogen-bond donors (Lipinski definition) is 1. The van der Waals surface area contributed by atoms with Gasteiger partial charge in [0.1, 0.15) is 0 Å². The minimum absolute atomic E-state index is 0.0967. The SMILES string of the molecule is CC1(C)C2CCC1(C)C(OC1CCCCCC1O)C2. The Balaban J connectivity index is 1.71. The van der Waals surface area contributed by atoms with Crippen molar-refractivity contribution in [3.05, 3.63) is 0 Å². The molecule has 1 N–H and O–H groups in total. The fourth-order valence-electron chi connectivity index (χ4n) is 4.96. The van der Waals surface area contributed by atoms with Crippen molar-refractivity contribution in [2.45, 2.75) is 90.4 Å². The normalized spacial score (nSPS) is 49.3. The van der Waals surface area contributed by atoms with E-state index >= 15 is 0 Å². The van der Waals surface area contributed by atoms with Crippen LogP contribution in [0.5, 0.6) is 0 Å². The lowest BCUT2D eigenvalue weighted by Gasteiger charge is -2.40. The molecule has 2 heteroatoms. The molecule has 0 spiro atoms. The average Bonchev–Trinajstić information content (AvgIpc) is 2.59. The summed E-state index contributed by atoms with van der Waals surface area (Å²) in [5.74, 6) is 0.824. The van der Waals surface area contributed by atoms with Crippen molar-refractivity contribution < 1.29 is 9.84 Å². The summed E-state index contributed by atoms with van der Waals surface area (Å²) in [6.45, 7) is 7.28. The topological polar surface area (TPSA) is 29.5 Å². The molecule has 110 valence electrons. The third-order valence-electron chi connectivity index (χ3n) is 6.97. The first-order chi connectivity index (χ1) is 8.95. The van der Waals surface area contributed by atoms with E-state index < -0.39 is 0 Å². The van der Waals surface area contributed by atoms with Crippen LogP contribution in [0.2, 0.25) is 0 Å². The summed E-state index contributed by atoms with van der Waals surface area (Å²) < 4.78 is 6.47. The lowest BCUT2D eigenvalue weighted by molar-refractivity contribution is -0.125. The molecular weight excluding hydrogens is 236 g/mol. The molecule has 0 saturated heterocycles. The monoisotopic (exact) mass is 266 g/mol. The van der Waals surface area contributed by atoms with Crippen LogP contribution in [0.25, 0.3) is 0 Å². The number of fused-ring (bicyclic) bond motifs is 2. The zero-order valence-electron chi connectivity index (χ0n) is 12.8. The maximum atomic E-state index is 10.3. The predicted octanol–water partition coefficient (Wildman–Crippen LogP) is 3.91. The van der Waals surface area contributed by atoms with Crippen LogP contribution in [0.15, 0.2) is 0 Å². The van der Waals surface area contributed by atoms with Gasteiger partial charge < -0.3 is 9.84 Å². The van der Waals surface area contributed by atoms with Crippen LogP contribution in [0.1, 0.15) is 72.1 Å². The van der Waals surface area contributed by atoms with Crippen molar-refractivity contribution in [3.8, 4) is 0 Å². The Hall–Kier alpha value is -0.0800. The molecule has 0 aromatic carbocycles. The standard InChI is InChI=1S/C17H30O2/c1-16(2)12-9-10-17(16,3)15(11-12)19-14-8-6-4-5-7-13(14)18/h12-15,18H,4-11H2,1-3H3. The quantitative estimate of drug-likeness (QED) is 0.768. The molecule has 0 heterocycles. The highest BCUT2D eigenvalue weighted by molar-refractivity contribution is 5.11. The second-order valence-electron chi connectivity index (χ2n) is 7.98. The summed E-state index contributed by atoms with van der Waals surface area (Å²) in [4.78, 5) is 0. The molecule has 3 aliphatic carbocycles. The van der Waals surface area contributed by atoms with E-state index in [4.69, 9.17) is 4.74 Å². The van der Waals surface area contributed by atoms with Gasteiger partial charge in [-0.15, -0.1) is 0 Å². The van der Waals surface area contributed by atoms with Crippen LogP contribution >= 0.6 is 0 Å².